The van der Waals surface area contributed by atoms with E-state index in [0.29, 0.717) is 23.0 Å². The van der Waals surface area contributed by atoms with Crippen LogP contribution in [0.3, 0.4) is 0 Å². The molecule has 0 aliphatic carbocycles. The Morgan fingerprint density at radius 2 is 1.77 bits per heavy atom. The van der Waals surface area contributed by atoms with Crippen molar-refractivity contribution in [2.45, 2.75) is 26.3 Å². The van der Waals surface area contributed by atoms with Crippen LogP contribution in [0, 0.1) is 12.8 Å². The van der Waals surface area contributed by atoms with Crippen LogP contribution in [0.15, 0.2) is 59.0 Å². The molecule has 1 fully saturated rings. The third kappa shape index (κ3) is 6.00. The maximum absolute atomic E-state index is 11.5. The number of fused-ring (bicyclic) bond motifs is 1. The van der Waals surface area contributed by atoms with Crippen molar-refractivity contribution in [1.29, 1.82) is 0 Å². The molecule has 9 heteroatoms. The van der Waals surface area contributed by atoms with Crippen LogP contribution in [0.4, 0.5) is 5.69 Å². The highest BCUT2D eigenvalue weighted by molar-refractivity contribution is 5.95. The summed E-state index contributed by atoms with van der Waals surface area (Å²) in [6, 6.07) is 17.2. The number of pyridine rings is 1. The molecule has 0 spiro atoms. The number of methoxy groups -OCH3 is 2. The Morgan fingerprint density at radius 1 is 1.05 bits per heavy atom. The Balaban J connectivity index is 1.27. The van der Waals surface area contributed by atoms with Gasteiger partial charge in [0.2, 0.25) is 0 Å². The molecule has 1 aliphatic rings. The Morgan fingerprint density at radius 3 is 2.41 bits per heavy atom. The number of carbonyl (C=O) groups excluding carboxylic acids is 1. The van der Waals surface area contributed by atoms with E-state index in [4.69, 9.17) is 24.1 Å². The molecule has 3 N–H and O–H groups in total. The highest BCUT2D eigenvalue weighted by atomic mass is 16.5. The molecule has 4 aromatic rings. The van der Waals surface area contributed by atoms with Crippen molar-refractivity contribution in [1.82, 2.24) is 15.4 Å². The summed E-state index contributed by atoms with van der Waals surface area (Å²) < 4.78 is 17.0. The largest absolute Gasteiger partial charge is 0.493 e. The normalized spacial score (nSPS) is 14.4. The third-order valence-electron chi connectivity index (χ3n) is 7.32. The van der Waals surface area contributed by atoms with Gasteiger partial charge in [-0.25, -0.2) is 10.5 Å². The number of rotatable bonds is 9. The van der Waals surface area contributed by atoms with Crippen LogP contribution in [0.1, 0.15) is 34.5 Å². The van der Waals surface area contributed by atoms with Crippen LogP contribution in [0.2, 0.25) is 0 Å². The van der Waals surface area contributed by atoms with Crippen molar-refractivity contribution in [3.63, 3.8) is 0 Å². The summed E-state index contributed by atoms with van der Waals surface area (Å²) >= 11 is 0. The number of furan rings is 1. The first-order valence-corrected chi connectivity index (χ1v) is 13.1. The molecule has 9 nitrogen and oxygen atoms in total. The number of hydrogen-bond acceptors (Lipinski definition) is 8. The number of hydrogen-bond donors (Lipinski definition) is 3. The number of aryl methyl sites for hydroxylation is 1. The van der Waals surface area contributed by atoms with Gasteiger partial charge in [0.05, 0.1) is 19.7 Å². The summed E-state index contributed by atoms with van der Waals surface area (Å²) in [5.41, 5.74) is 5.81. The maximum atomic E-state index is 11.5. The van der Waals surface area contributed by atoms with Crippen molar-refractivity contribution in [2.24, 2.45) is 5.92 Å². The summed E-state index contributed by atoms with van der Waals surface area (Å²) in [6.45, 7) is 5.62. The molecule has 1 saturated heterocycles. The summed E-state index contributed by atoms with van der Waals surface area (Å²) in [5, 5.41) is 13.5. The molecular formula is C30H34N4O5. The Hall–Kier alpha value is -4.08. The average molecular weight is 531 g/mol. The summed E-state index contributed by atoms with van der Waals surface area (Å²) in [7, 11) is 3.26. The summed E-state index contributed by atoms with van der Waals surface area (Å²) in [6.07, 6.45) is 2.17. The lowest BCUT2D eigenvalue weighted by molar-refractivity contribution is 0.0706. The van der Waals surface area contributed by atoms with Crippen molar-refractivity contribution < 1.29 is 23.9 Å². The quantitative estimate of drug-likeness (QED) is 0.199. The first kappa shape index (κ1) is 26.5. The van der Waals surface area contributed by atoms with Gasteiger partial charge in [-0.3, -0.25) is 14.9 Å². The summed E-state index contributed by atoms with van der Waals surface area (Å²) in [4.78, 5) is 18.8. The zero-order valence-electron chi connectivity index (χ0n) is 22.5. The van der Waals surface area contributed by atoms with E-state index < -0.39 is 5.91 Å². The number of likely N-dealkylation sites (tertiary alicyclic amines) is 1. The number of amides is 1. The van der Waals surface area contributed by atoms with Crippen LogP contribution in [0.25, 0.3) is 22.4 Å². The molecular weight excluding hydrogens is 496 g/mol. The lowest BCUT2D eigenvalue weighted by Gasteiger charge is -2.32. The van der Waals surface area contributed by atoms with Crippen LogP contribution in [0.5, 0.6) is 11.5 Å². The number of anilines is 1. The van der Waals surface area contributed by atoms with Gasteiger partial charge in [-0.15, -0.1) is 0 Å². The van der Waals surface area contributed by atoms with Gasteiger partial charge in [-0.05, 0) is 80.7 Å². The van der Waals surface area contributed by atoms with Gasteiger partial charge in [-0.1, -0.05) is 12.1 Å². The van der Waals surface area contributed by atoms with Crippen LogP contribution >= 0.6 is 0 Å². The number of aromatic nitrogens is 1. The lowest BCUT2D eigenvalue weighted by atomic mass is 9.96. The SMILES string of the molecule is COc1cc2nc(-c3ccc(C)o3)cc(NCC3CCN(Cc4ccc(C(=O)NO)cc4)CC3)c2cc1OC. The smallest absolute Gasteiger partial charge is 0.274 e. The van der Waals surface area contributed by atoms with E-state index in [1.807, 2.05) is 49.4 Å². The van der Waals surface area contributed by atoms with E-state index in [1.165, 1.54) is 0 Å². The number of ether oxygens (including phenoxy) is 2. The zero-order valence-corrected chi connectivity index (χ0v) is 22.5. The number of hydroxylamine groups is 1. The fraction of sp³-hybridized carbons (Fsp3) is 0.333. The second kappa shape index (κ2) is 11.8. The monoisotopic (exact) mass is 530 g/mol. The molecule has 0 bridgehead atoms. The van der Waals surface area contributed by atoms with Gasteiger partial charge >= 0.3 is 0 Å². The predicted molar refractivity (Wildman–Crippen MR) is 149 cm³/mol. The second-order valence-electron chi connectivity index (χ2n) is 9.93. The number of benzene rings is 2. The molecule has 0 unspecified atom stereocenters. The van der Waals surface area contributed by atoms with Crippen LogP contribution in [-0.4, -0.2) is 54.9 Å². The number of carbonyl (C=O) groups is 1. The Labute approximate surface area is 227 Å². The second-order valence-corrected chi connectivity index (χ2v) is 9.93. The number of nitrogens with zero attached hydrogens (tertiary/aromatic N) is 2. The molecule has 5 rings (SSSR count). The van der Waals surface area contributed by atoms with Gasteiger partial charge in [0.1, 0.15) is 11.5 Å². The van der Waals surface area contributed by atoms with Gasteiger partial charge in [-0.2, -0.15) is 0 Å². The minimum Gasteiger partial charge on any atom is -0.493 e. The maximum Gasteiger partial charge on any atom is 0.274 e. The van der Waals surface area contributed by atoms with Crippen molar-refractivity contribution in [3.05, 3.63) is 71.5 Å². The number of nitrogens with one attached hydrogen (secondary N) is 2. The minimum absolute atomic E-state index is 0.441. The Kier molecular flexibility index (Phi) is 7.99. The zero-order chi connectivity index (χ0) is 27.4. The molecule has 2 aromatic heterocycles. The first-order valence-electron chi connectivity index (χ1n) is 13.1. The average Bonchev–Trinajstić information content (AvgIpc) is 3.41. The Bertz CT molecular complexity index is 1440. The van der Waals surface area contributed by atoms with Crippen LogP contribution < -0.4 is 20.3 Å². The lowest BCUT2D eigenvalue weighted by Crippen LogP contribution is -2.35. The predicted octanol–water partition coefficient (Wildman–Crippen LogP) is 5.26. The van der Waals surface area contributed by atoms with E-state index in [-0.39, 0.29) is 0 Å². The van der Waals surface area contributed by atoms with Crippen molar-refractivity contribution in [3.8, 4) is 23.0 Å². The van der Waals surface area contributed by atoms with Crippen molar-refractivity contribution >= 4 is 22.5 Å². The van der Waals surface area contributed by atoms with Crippen LogP contribution in [-0.2, 0) is 6.54 Å². The molecule has 1 aliphatic heterocycles. The van der Waals surface area contributed by atoms with Gasteiger partial charge < -0.3 is 19.2 Å². The van der Waals surface area contributed by atoms with Gasteiger partial charge in [0.25, 0.3) is 5.91 Å². The van der Waals surface area contributed by atoms with E-state index in [1.54, 1.807) is 31.8 Å². The fourth-order valence-electron chi connectivity index (χ4n) is 5.08. The fourth-order valence-corrected chi connectivity index (χ4v) is 5.08. The molecule has 2 aromatic carbocycles. The molecule has 3 heterocycles. The molecule has 0 saturated carbocycles. The standard InChI is InChI=1S/C30H34N4O5/c1-19-4-9-27(39-19)26-15-24(23-14-28(37-2)29(38-3)16-25(23)32-26)31-17-20-10-12-34(13-11-20)18-21-5-7-22(8-6-21)30(35)33-36/h4-9,14-16,20,36H,10-13,17-18H2,1-3H3,(H,31,32)(H,33,35). The molecule has 39 heavy (non-hydrogen) atoms. The highest BCUT2D eigenvalue weighted by Crippen LogP contribution is 2.37. The van der Waals surface area contributed by atoms with E-state index in [2.05, 4.69) is 10.2 Å². The summed E-state index contributed by atoms with van der Waals surface area (Å²) in [5.74, 6) is 2.90. The molecule has 0 radical (unpaired) electrons. The van der Waals surface area contributed by atoms with Crippen molar-refractivity contribution in [2.75, 3.05) is 39.2 Å². The molecule has 0 atom stereocenters. The highest BCUT2D eigenvalue weighted by Gasteiger charge is 2.21. The topological polar surface area (TPSA) is 109 Å². The van der Waals surface area contributed by atoms with Gasteiger partial charge in [0, 0.05) is 35.8 Å². The molecule has 204 valence electrons. The van der Waals surface area contributed by atoms with E-state index in [0.717, 1.165) is 78.4 Å². The minimum atomic E-state index is -0.499. The number of piperidine rings is 1. The molecule has 1 amide bonds. The van der Waals surface area contributed by atoms with E-state index >= 15 is 0 Å². The first-order chi connectivity index (χ1) is 19.0. The van der Waals surface area contributed by atoms with Gasteiger partial charge in [0.15, 0.2) is 17.3 Å². The van der Waals surface area contributed by atoms with E-state index in [9.17, 15) is 4.79 Å². The third-order valence-corrected chi connectivity index (χ3v) is 7.32.